The highest BCUT2D eigenvalue weighted by molar-refractivity contribution is 8.14. The molecule has 0 rings (SSSR count). The molecule has 0 aliphatic carbocycles. The van der Waals surface area contributed by atoms with E-state index in [0.29, 0.717) is 0 Å². The molecule has 0 aromatic rings. The Morgan fingerprint density at radius 2 is 1.33 bits per heavy atom. The van der Waals surface area contributed by atoms with E-state index < -0.39 is 0 Å². The number of carbonyl (C=O) groups is 2. The van der Waals surface area contributed by atoms with E-state index >= 15 is 0 Å². The molecule has 0 bridgehead atoms. The molecule has 0 saturated carbocycles. The Balaban J connectivity index is 3.36. The number of hydrogen-bond donors (Lipinski definition) is 0. The fourth-order valence-electron chi connectivity index (χ4n) is 0.566. The molecule has 0 fully saturated rings. The van der Waals surface area contributed by atoms with Crippen LogP contribution in [0.15, 0.2) is 23.0 Å². The van der Waals surface area contributed by atoms with Gasteiger partial charge in [-0.2, -0.15) is 0 Å². The van der Waals surface area contributed by atoms with Crippen molar-refractivity contribution in [2.24, 2.45) is 0 Å². The van der Waals surface area contributed by atoms with E-state index in [9.17, 15) is 9.59 Å². The molecular formula is C10H14O2S3. The standard InChI is InChI=1S/C10H14O2S3/c1-9(11)14-7-3-5-13-6-4-8-15-10(2)12/h3-6H,7-8H2,1-2H3. The highest BCUT2D eigenvalue weighted by Crippen LogP contribution is 2.09. The van der Waals surface area contributed by atoms with Gasteiger partial charge in [0, 0.05) is 25.4 Å². The summed E-state index contributed by atoms with van der Waals surface area (Å²) in [5, 5.41) is 4.14. The topological polar surface area (TPSA) is 34.1 Å². The molecule has 0 N–H and O–H groups in total. The Bertz CT molecular complexity index is 233. The second-order valence-electron chi connectivity index (χ2n) is 2.48. The largest absolute Gasteiger partial charge is 0.288 e. The molecule has 84 valence electrons. The number of hydrogen-bond acceptors (Lipinski definition) is 5. The summed E-state index contributed by atoms with van der Waals surface area (Å²) in [5.41, 5.74) is 0. The molecular weight excluding hydrogens is 248 g/mol. The first-order chi connectivity index (χ1) is 7.13. The van der Waals surface area contributed by atoms with Crippen molar-refractivity contribution in [3.8, 4) is 0 Å². The Kier molecular flexibility index (Phi) is 10.3. The summed E-state index contributed by atoms with van der Waals surface area (Å²) in [6.45, 7) is 3.12. The fraction of sp³-hybridized carbons (Fsp3) is 0.400. The van der Waals surface area contributed by atoms with Crippen LogP contribution in [-0.4, -0.2) is 21.7 Å². The van der Waals surface area contributed by atoms with Crippen LogP contribution in [0.4, 0.5) is 0 Å². The van der Waals surface area contributed by atoms with Crippen LogP contribution in [0.5, 0.6) is 0 Å². The van der Waals surface area contributed by atoms with Gasteiger partial charge >= 0.3 is 0 Å². The molecule has 0 spiro atoms. The molecule has 0 radical (unpaired) electrons. The van der Waals surface area contributed by atoms with Crippen LogP contribution >= 0.6 is 35.3 Å². The maximum atomic E-state index is 10.6. The minimum Gasteiger partial charge on any atom is -0.288 e. The third kappa shape index (κ3) is 13.9. The van der Waals surface area contributed by atoms with Crippen LogP contribution in [-0.2, 0) is 9.59 Å². The van der Waals surface area contributed by atoms with Crippen LogP contribution in [0, 0.1) is 0 Å². The third-order valence-electron chi connectivity index (χ3n) is 1.12. The van der Waals surface area contributed by atoms with Gasteiger partial charge in [-0.25, -0.2) is 0 Å². The van der Waals surface area contributed by atoms with Crippen molar-refractivity contribution in [2.75, 3.05) is 11.5 Å². The Hall–Kier alpha value is -0.130. The van der Waals surface area contributed by atoms with Gasteiger partial charge in [0.1, 0.15) is 0 Å². The summed E-state index contributed by atoms with van der Waals surface area (Å²) in [5.74, 6) is 1.44. The van der Waals surface area contributed by atoms with E-state index in [4.69, 9.17) is 0 Å². The van der Waals surface area contributed by atoms with Gasteiger partial charge in [0.25, 0.3) is 0 Å². The first-order valence-corrected chi connectivity index (χ1v) is 7.26. The number of thioether (sulfide) groups is 3. The first kappa shape index (κ1) is 14.9. The van der Waals surface area contributed by atoms with Crippen molar-refractivity contribution in [1.29, 1.82) is 0 Å². The average molecular weight is 262 g/mol. The van der Waals surface area contributed by atoms with Crippen LogP contribution < -0.4 is 0 Å². The van der Waals surface area contributed by atoms with Gasteiger partial charge in [-0.05, 0) is 10.8 Å². The summed E-state index contributed by atoms with van der Waals surface area (Å²) in [6.07, 6.45) is 3.89. The van der Waals surface area contributed by atoms with Gasteiger partial charge in [-0.15, -0.1) is 11.8 Å². The van der Waals surface area contributed by atoms with E-state index in [0.717, 1.165) is 11.5 Å². The predicted molar refractivity (Wildman–Crippen MR) is 72.1 cm³/mol. The molecule has 2 nitrogen and oxygen atoms in total. The summed E-state index contributed by atoms with van der Waals surface area (Å²) >= 11 is 4.13. The molecule has 0 aliphatic rings. The Labute approximate surface area is 103 Å². The minimum atomic E-state index is 0.137. The zero-order valence-corrected chi connectivity index (χ0v) is 11.2. The van der Waals surface area contributed by atoms with Crippen molar-refractivity contribution >= 4 is 45.5 Å². The smallest absolute Gasteiger partial charge is 0.186 e. The quantitative estimate of drug-likeness (QED) is 0.733. The van der Waals surface area contributed by atoms with Crippen LogP contribution in [0.25, 0.3) is 0 Å². The molecule has 0 aromatic carbocycles. The molecule has 0 unspecified atom stereocenters. The van der Waals surface area contributed by atoms with Crippen molar-refractivity contribution in [2.45, 2.75) is 13.8 Å². The van der Waals surface area contributed by atoms with E-state index in [1.165, 1.54) is 23.5 Å². The van der Waals surface area contributed by atoms with Gasteiger partial charge in [0.15, 0.2) is 10.2 Å². The van der Waals surface area contributed by atoms with Crippen LogP contribution in [0.1, 0.15) is 13.8 Å². The second kappa shape index (κ2) is 10.4. The maximum Gasteiger partial charge on any atom is 0.186 e. The SMILES string of the molecule is CC(=O)SCC=CSC=CCSC(C)=O. The van der Waals surface area contributed by atoms with Gasteiger partial charge in [-0.1, -0.05) is 35.7 Å². The molecule has 5 heteroatoms. The summed E-state index contributed by atoms with van der Waals surface area (Å²) in [7, 11) is 0. The van der Waals surface area contributed by atoms with Crippen LogP contribution in [0.2, 0.25) is 0 Å². The summed E-state index contributed by atoms with van der Waals surface area (Å²) in [6, 6.07) is 0. The minimum absolute atomic E-state index is 0.137. The lowest BCUT2D eigenvalue weighted by molar-refractivity contribution is -0.109. The second-order valence-corrected chi connectivity index (χ2v) is 5.70. The van der Waals surface area contributed by atoms with Crippen LogP contribution in [0.3, 0.4) is 0 Å². The van der Waals surface area contributed by atoms with Crippen molar-refractivity contribution < 1.29 is 9.59 Å². The van der Waals surface area contributed by atoms with E-state index in [2.05, 4.69) is 0 Å². The monoisotopic (exact) mass is 262 g/mol. The van der Waals surface area contributed by atoms with E-state index in [-0.39, 0.29) is 10.2 Å². The lowest BCUT2D eigenvalue weighted by Gasteiger charge is -1.88. The molecule has 0 atom stereocenters. The lowest BCUT2D eigenvalue weighted by atomic mass is 10.8. The molecule has 0 aromatic heterocycles. The van der Waals surface area contributed by atoms with Gasteiger partial charge in [-0.3, -0.25) is 9.59 Å². The molecule has 0 heterocycles. The Morgan fingerprint density at radius 1 is 0.933 bits per heavy atom. The number of rotatable bonds is 6. The van der Waals surface area contributed by atoms with Gasteiger partial charge in [0.2, 0.25) is 0 Å². The zero-order valence-electron chi connectivity index (χ0n) is 8.76. The van der Waals surface area contributed by atoms with E-state index in [1.807, 2.05) is 23.0 Å². The Morgan fingerprint density at radius 3 is 1.67 bits per heavy atom. The first-order valence-electron chi connectivity index (χ1n) is 4.35. The average Bonchev–Trinajstić information content (AvgIpc) is 2.14. The normalized spacial score (nSPS) is 11.3. The van der Waals surface area contributed by atoms with Gasteiger partial charge < -0.3 is 0 Å². The zero-order chi connectivity index (χ0) is 11.5. The fourth-order valence-corrected chi connectivity index (χ4v) is 2.17. The molecule has 15 heavy (non-hydrogen) atoms. The summed E-state index contributed by atoms with van der Waals surface area (Å²) < 4.78 is 0. The van der Waals surface area contributed by atoms with Crippen molar-refractivity contribution in [3.05, 3.63) is 23.0 Å². The molecule has 0 saturated heterocycles. The molecule has 0 amide bonds. The van der Waals surface area contributed by atoms with Crippen molar-refractivity contribution in [1.82, 2.24) is 0 Å². The third-order valence-corrected chi connectivity index (χ3v) is 3.35. The van der Waals surface area contributed by atoms with E-state index in [1.54, 1.807) is 25.6 Å². The van der Waals surface area contributed by atoms with Crippen molar-refractivity contribution in [3.63, 3.8) is 0 Å². The summed E-state index contributed by atoms with van der Waals surface area (Å²) in [4.78, 5) is 21.1. The number of carbonyl (C=O) groups excluding carboxylic acids is 2. The predicted octanol–water partition coefficient (Wildman–Crippen LogP) is 3.31. The molecule has 0 aliphatic heterocycles. The highest BCUT2D eigenvalue weighted by atomic mass is 32.2. The maximum absolute atomic E-state index is 10.6. The van der Waals surface area contributed by atoms with Gasteiger partial charge in [0.05, 0.1) is 0 Å². The lowest BCUT2D eigenvalue weighted by Crippen LogP contribution is -1.81. The highest BCUT2D eigenvalue weighted by Gasteiger charge is 1.89.